The molecule has 2 rings (SSSR count). The minimum Gasteiger partial charge on any atom is -0.347 e. The highest BCUT2D eigenvalue weighted by molar-refractivity contribution is 5.88. The number of carbonyl (C=O) groups is 2. The van der Waals surface area contributed by atoms with Crippen LogP contribution in [0.1, 0.15) is 18.4 Å². The lowest BCUT2D eigenvalue weighted by atomic mass is 10.0. The van der Waals surface area contributed by atoms with Crippen molar-refractivity contribution in [2.75, 3.05) is 32.7 Å². The SMILES string of the molecule is CC(C(=O)NCC(=O)N1CCNCC1)c1ccccc1. The molecule has 1 aromatic rings. The molecular formula is C15H21N3O2. The van der Waals surface area contributed by atoms with Gasteiger partial charge >= 0.3 is 0 Å². The fraction of sp³-hybridized carbons (Fsp3) is 0.467. The maximum absolute atomic E-state index is 12.0. The summed E-state index contributed by atoms with van der Waals surface area (Å²) in [6, 6.07) is 9.57. The van der Waals surface area contributed by atoms with Gasteiger partial charge in [-0.25, -0.2) is 0 Å². The fourth-order valence-electron chi connectivity index (χ4n) is 2.23. The zero-order chi connectivity index (χ0) is 14.4. The molecule has 0 saturated carbocycles. The molecule has 1 saturated heterocycles. The predicted octanol–water partition coefficient (Wildman–Crippen LogP) is 0.338. The number of hydrogen-bond donors (Lipinski definition) is 2. The lowest BCUT2D eigenvalue weighted by molar-refractivity contribution is -0.133. The van der Waals surface area contributed by atoms with E-state index in [0.29, 0.717) is 13.1 Å². The van der Waals surface area contributed by atoms with E-state index in [1.807, 2.05) is 37.3 Å². The van der Waals surface area contributed by atoms with Gasteiger partial charge in [0.15, 0.2) is 0 Å². The van der Waals surface area contributed by atoms with E-state index >= 15 is 0 Å². The van der Waals surface area contributed by atoms with Crippen molar-refractivity contribution in [3.63, 3.8) is 0 Å². The van der Waals surface area contributed by atoms with Crippen LogP contribution in [0.3, 0.4) is 0 Å². The van der Waals surface area contributed by atoms with Crippen molar-refractivity contribution in [2.45, 2.75) is 12.8 Å². The first kappa shape index (κ1) is 14.5. The number of benzene rings is 1. The molecule has 5 heteroatoms. The molecule has 1 fully saturated rings. The number of piperazine rings is 1. The quantitative estimate of drug-likeness (QED) is 0.833. The van der Waals surface area contributed by atoms with E-state index in [-0.39, 0.29) is 24.3 Å². The summed E-state index contributed by atoms with van der Waals surface area (Å²) < 4.78 is 0. The Bertz CT molecular complexity index is 455. The van der Waals surface area contributed by atoms with Crippen LogP contribution >= 0.6 is 0 Å². The van der Waals surface area contributed by atoms with E-state index in [0.717, 1.165) is 18.7 Å². The van der Waals surface area contributed by atoms with Gasteiger partial charge in [0, 0.05) is 26.2 Å². The highest BCUT2D eigenvalue weighted by atomic mass is 16.2. The van der Waals surface area contributed by atoms with E-state index in [2.05, 4.69) is 10.6 Å². The number of hydrogen-bond acceptors (Lipinski definition) is 3. The summed E-state index contributed by atoms with van der Waals surface area (Å²) in [6.45, 7) is 4.99. The van der Waals surface area contributed by atoms with Gasteiger partial charge in [0.2, 0.25) is 11.8 Å². The highest BCUT2D eigenvalue weighted by Crippen LogP contribution is 2.14. The Hall–Kier alpha value is -1.88. The number of amides is 2. The molecule has 5 nitrogen and oxygen atoms in total. The number of rotatable bonds is 4. The smallest absolute Gasteiger partial charge is 0.242 e. The Morgan fingerprint density at radius 2 is 1.90 bits per heavy atom. The first-order chi connectivity index (χ1) is 9.68. The molecule has 1 aliphatic heterocycles. The average Bonchev–Trinajstić information content (AvgIpc) is 2.53. The van der Waals surface area contributed by atoms with Crippen molar-refractivity contribution in [1.82, 2.24) is 15.5 Å². The molecule has 0 aliphatic carbocycles. The largest absolute Gasteiger partial charge is 0.347 e. The van der Waals surface area contributed by atoms with E-state index in [1.54, 1.807) is 4.90 Å². The maximum atomic E-state index is 12.0. The number of nitrogens with zero attached hydrogens (tertiary/aromatic N) is 1. The zero-order valence-corrected chi connectivity index (χ0v) is 11.8. The minimum atomic E-state index is -0.243. The topological polar surface area (TPSA) is 61.4 Å². The summed E-state index contributed by atoms with van der Waals surface area (Å²) in [6.07, 6.45) is 0. The Morgan fingerprint density at radius 1 is 1.25 bits per heavy atom. The molecule has 1 aliphatic rings. The van der Waals surface area contributed by atoms with Crippen LogP contribution in [0.4, 0.5) is 0 Å². The van der Waals surface area contributed by atoms with E-state index in [4.69, 9.17) is 0 Å². The van der Waals surface area contributed by atoms with Gasteiger partial charge in [0.25, 0.3) is 0 Å². The number of carbonyl (C=O) groups excluding carboxylic acids is 2. The van der Waals surface area contributed by atoms with Gasteiger partial charge in [0.05, 0.1) is 12.5 Å². The third kappa shape index (κ3) is 3.81. The molecule has 1 atom stereocenters. The Morgan fingerprint density at radius 3 is 2.55 bits per heavy atom. The summed E-state index contributed by atoms with van der Waals surface area (Å²) in [5.74, 6) is -0.369. The van der Waals surface area contributed by atoms with E-state index in [1.165, 1.54) is 0 Å². The van der Waals surface area contributed by atoms with Gasteiger partial charge in [-0.1, -0.05) is 30.3 Å². The minimum absolute atomic E-state index is 0.0138. The summed E-state index contributed by atoms with van der Waals surface area (Å²) in [5, 5.41) is 5.92. The molecule has 0 aromatic heterocycles. The third-order valence-electron chi connectivity index (χ3n) is 3.58. The van der Waals surface area contributed by atoms with Crippen molar-refractivity contribution in [1.29, 1.82) is 0 Å². The van der Waals surface area contributed by atoms with Crippen LogP contribution in [0.5, 0.6) is 0 Å². The molecule has 1 heterocycles. The standard InChI is InChI=1S/C15H21N3O2/c1-12(13-5-3-2-4-6-13)15(20)17-11-14(19)18-9-7-16-8-10-18/h2-6,12,16H,7-11H2,1H3,(H,17,20). The van der Waals surface area contributed by atoms with Crippen molar-refractivity contribution in [3.05, 3.63) is 35.9 Å². The van der Waals surface area contributed by atoms with Crippen molar-refractivity contribution < 1.29 is 9.59 Å². The molecule has 0 bridgehead atoms. The Labute approximate surface area is 119 Å². The van der Waals surface area contributed by atoms with Gasteiger partial charge in [-0.3, -0.25) is 9.59 Å². The van der Waals surface area contributed by atoms with Gasteiger partial charge in [-0.2, -0.15) is 0 Å². The lowest BCUT2D eigenvalue weighted by Crippen LogP contribution is -2.49. The van der Waals surface area contributed by atoms with Crippen LogP contribution in [-0.2, 0) is 9.59 Å². The molecule has 2 N–H and O–H groups in total. The van der Waals surface area contributed by atoms with Crippen molar-refractivity contribution in [2.24, 2.45) is 0 Å². The van der Waals surface area contributed by atoms with E-state index in [9.17, 15) is 9.59 Å². The normalized spacial score (nSPS) is 16.6. The van der Waals surface area contributed by atoms with Crippen LogP contribution in [0.15, 0.2) is 30.3 Å². The lowest BCUT2D eigenvalue weighted by Gasteiger charge is -2.27. The second kappa shape index (κ2) is 7.05. The molecular weight excluding hydrogens is 254 g/mol. The second-order valence-corrected chi connectivity index (χ2v) is 4.98. The highest BCUT2D eigenvalue weighted by Gasteiger charge is 2.19. The fourth-order valence-corrected chi connectivity index (χ4v) is 2.23. The Kier molecular flexibility index (Phi) is 5.12. The summed E-state index contributed by atoms with van der Waals surface area (Å²) in [4.78, 5) is 25.8. The molecule has 0 radical (unpaired) electrons. The first-order valence-corrected chi connectivity index (χ1v) is 6.99. The summed E-state index contributed by atoms with van der Waals surface area (Å²) >= 11 is 0. The van der Waals surface area contributed by atoms with Crippen LogP contribution in [-0.4, -0.2) is 49.4 Å². The van der Waals surface area contributed by atoms with Crippen molar-refractivity contribution >= 4 is 11.8 Å². The third-order valence-corrected chi connectivity index (χ3v) is 3.58. The predicted molar refractivity (Wildman–Crippen MR) is 77.3 cm³/mol. The molecule has 1 unspecified atom stereocenters. The van der Waals surface area contributed by atoms with Gasteiger partial charge in [-0.05, 0) is 12.5 Å². The van der Waals surface area contributed by atoms with Crippen molar-refractivity contribution in [3.8, 4) is 0 Å². The first-order valence-electron chi connectivity index (χ1n) is 6.99. The second-order valence-electron chi connectivity index (χ2n) is 4.98. The Balaban J connectivity index is 1.81. The van der Waals surface area contributed by atoms with Gasteiger partial charge in [0.1, 0.15) is 0 Å². The molecule has 108 valence electrons. The molecule has 0 spiro atoms. The number of nitrogens with one attached hydrogen (secondary N) is 2. The summed E-state index contributed by atoms with van der Waals surface area (Å²) in [7, 11) is 0. The van der Waals surface area contributed by atoms with Gasteiger partial charge in [-0.15, -0.1) is 0 Å². The molecule has 20 heavy (non-hydrogen) atoms. The van der Waals surface area contributed by atoms with Gasteiger partial charge < -0.3 is 15.5 Å². The average molecular weight is 275 g/mol. The summed E-state index contributed by atoms with van der Waals surface area (Å²) in [5.41, 5.74) is 0.958. The van der Waals surface area contributed by atoms with E-state index < -0.39 is 0 Å². The van der Waals surface area contributed by atoms with Crippen LogP contribution < -0.4 is 10.6 Å². The van der Waals surface area contributed by atoms with Crippen LogP contribution in [0.2, 0.25) is 0 Å². The molecule has 1 aromatic carbocycles. The van der Waals surface area contributed by atoms with Crippen LogP contribution in [0, 0.1) is 0 Å². The zero-order valence-electron chi connectivity index (χ0n) is 11.8. The van der Waals surface area contributed by atoms with Crippen LogP contribution in [0.25, 0.3) is 0 Å². The molecule has 2 amide bonds. The monoisotopic (exact) mass is 275 g/mol. The maximum Gasteiger partial charge on any atom is 0.242 e.